The molecule has 2 aromatic carbocycles. The van der Waals surface area contributed by atoms with Crippen LogP contribution in [0.2, 0.25) is 0 Å². The second-order valence-corrected chi connectivity index (χ2v) is 5.14. The van der Waals surface area contributed by atoms with E-state index in [0.717, 1.165) is 12.1 Å². The topological polar surface area (TPSA) is 179 Å². The Morgan fingerprint density at radius 1 is 0.808 bits per heavy atom. The lowest BCUT2D eigenvalue weighted by Gasteiger charge is -2.06. The van der Waals surface area contributed by atoms with E-state index >= 15 is 0 Å². The number of aromatic hydroxyl groups is 2. The molecule has 0 heterocycles. The van der Waals surface area contributed by atoms with E-state index in [1.807, 2.05) is 0 Å². The molecule has 26 heavy (non-hydrogen) atoms. The van der Waals surface area contributed by atoms with Crippen LogP contribution in [0.5, 0.6) is 11.5 Å². The van der Waals surface area contributed by atoms with Crippen LogP contribution in [-0.2, 0) is 0 Å². The molecule has 0 atom stereocenters. The minimum absolute atomic E-state index is 0.0632. The second-order valence-electron chi connectivity index (χ2n) is 5.14. The van der Waals surface area contributed by atoms with Crippen molar-refractivity contribution in [3.63, 3.8) is 0 Å². The van der Waals surface area contributed by atoms with Gasteiger partial charge in [-0.3, -0.25) is 20.2 Å². The first-order valence-corrected chi connectivity index (χ1v) is 7.09. The van der Waals surface area contributed by atoms with Gasteiger partial charge in [0.2, 0.25) is 11.5 Å². The molecule has 134 valence electrons. The number of rotatable bonds is 5. The van der Waals surface area contributed by atoms with E-state index < -0.39 is 32.7 Å². The van der Waals surface area contributed by atoms with Crippen molar-refractivity contribution >= 4 is 23.5 Å². The fourth-order valence-electron chi connectivity index (χ4n) is 2.13. The third kappa shape index (κ3) is 3.70. The third-order valence-electron chi connectivity index (χ3n) is 3.44. The number of benzene rings is 2. The van der Waals surface area contributed by atoms with Crippen LogP contribution < -0.4 is 11.5 Å². The first-order chi connectivity index (χ1) is 12.2. The van der Waals surface area contributed by atoms with Gasteiger partial charge in [-0.05, 0) is 12.2 Å². The standard InChI is InChI=1S/C16H14N4O6/c17-11(7-9-3-1-5-13(15(9)21)19(23)24)12(18)8-10-4-2-6-14(16(10)22)20(25)26/h1-8,21-22H,17-18H2. The average molecular weight is 358 g/mol. The molecule has 0 aliphatic carbocycles. The average Bonchev–Trinajstić information content (AvgIpc) is 2.57. The van der Waals surface area contributed by atoms with Gasteiger partial charge in [0.05, 0.1) is 21.2 Å². The largest absolute Gasteiger partial charge is 0.502 e. The predicted octanol–water partition coefficient (Wildman–Crippen LogP) is 2.21. The van der Waals surface area contributed by atoms with Crippen LogP contribution in [0.4, 0.5) is 11.4 Å². The summed E-state index contributed by atoms with van der Waals surface area (Å²) in [5.74, 6) is -1.15. The molecule has 0 aliphatic heterocycles. The maximum atomic E-state index is 10.8. The van der Waals surface area contributed by atoms with E-state index in [-0.39, 0.29) is 22.5 Å². The van der Waals surface area contributed by atoms with Crippen LogP contribution in [0.3, 0.4) is 0 Å². The van der Waals surface area contributed by atoms with Crippen LogP contribution in [0.25, 0.3) is 12.2 Å². The van der Waals surface area contributed by atoms with Crippen LogP contribution in [0.15, 0.2) is 47.8 Å². The SMILES string of the molecule is NC(=Cc1cccc([N+](=O)[O-])c1O)C(N)=Cc1cccc([N+](=O)[O-])c1O. The quantitative estimate of drug-likeness (QED) is 0.356. The van der Waals surface area contributed by atoms with Crippen LogP contribution in [-0.4, -0.2) is 20.1 Å². The summed E-state index contributed by atoms with van der Waals surface area (Å²) in [6, 6.07) is 7.78. The Balaban J connectivity index is 2.43. The summed E-state index contributed by atoms with van der Waals surface area (Å²) in [7, 11) is 0. The van der Waals surface area contributed by atoms with Gasteiger partial charge in [-0.25, -0.2) is 0 Å². The Kier molecular flexibility index (Phi) is 5.07. The first kappa shape index (κ1) is 18.3. The molecule has 2 rings (SSSR count). The van der Waals surface area contributed by atoms with Crippen LogP contribution in [0, 0.1) is 20.2 Å². The van der Waals surface area contributed by atoms with Crippen molar-refractivity contribution in [2.24, 2.45) is 11.5 Å². The summed E-state index contributed by atoms with van der Waals surface area (Å²) in [4.78, 5) is 20.2. The molecular formula is C16H14N4O6. The number of nitro groups is 2. The van der Waals surface area contributed by atoms with Gasteiger partial charge < -0.3 is 21.7 Å². The highest BCUT2D eigenvalue weighted by Gasteiger charge is 2.17. The molecule has 0 bridgehead atoms. The molecule has 10 nitrogen and oxygen atoms in total. The van der Waals surface area contributed by atoms with E-state index in [1.54, 1.807) is 0 Å². The van der Waals surface area contributed by atoms with E-state index in [1.165, 1.54) is 36.4 Å². The number of phenols is 2. The molecule has 10 heteroatoms. The van der Waals surface area contributed by atoms with Gasteiger partial charge in [-0.2, -0.15) is 0 Å². The van der Waals surface area contributed by atoms with Crippen molar-refractivity contribution in [3.8, 4) is 11.5 Å². The van der Waals surface area contributed by atoms with Crippen molar-refractivity contribution < 1.29 is 20.1 Å². The molecular weight excluding hydrogens is 344 g/mol. The van der Waals surface area contributed by atoms with E-state index in [9.17, 15) is 30.4 Å². The van der Waals surface area contributed by atoms with Crippen molar-refractivity contribution in [1.82, 2.24) is 0 Å². The van der Waals surface area contributed by atoms with Gasteiger partial charge >= 0.3 is 11.4 Å². The van der Waals surface area contributed by atoms with Crippen molar-refractivity contribution in [2.75, 3.05) is 0 Å². The number of nitrogens with zero attached hydrogens (tertiary/aromatic N) is 2. The summed E-state index contributed by atoms with van der Waals surface area (Å²) in [6.07, 6.45) is 2.42. The Morgan fingerprint density at radius 3 is 1.46 bits per heavy atom. The smallest absolute Gasteiger partial charge is 0.311 e. The van der Waals surface area contributed by atoms with E-state index in [2.05, 4.69) is 0 Å². The highest BCUT2D eigenvalue weighted by atomic mass is 16.6. The lowest BCUT2D eigenvalue weighted by Crippen LogP contribution is -2.09. The fourth-order valence-corrected chi connectivity index (χ4v) is 2.13. The molecule has 0 saturated heterocycles. The number of nitro benzene ring substituents is 2. The van der Waals surface area contributed by atoms with Crippen molar-refractivity contribution in [2.45, 2.75) is 0 Å². The van der Waals surface area contributed by atoms with Crippen LogP contribution in [0.1, 0.15) is 11.1 Å². The second kappa shape index (κ2) is 7.21. The molecule has 0 fully saturated rings. The number of phenolic OH excluding ortho intramolecular Hbond substituents is 2. The predicted molar refractivity (Wildman–Crippen MR) is 93.9 cm³/mol. The summed E-state index contributed by atoms with van der Waals surface area (Å²) < 4.78 is 0. The van der Waals surface area contributed by atoms with Gasteiger partial charge in [0.25, 0.3) is 0 Å². The maximum Gasteiger partial charge on any atom is 0.311 e. The van der Waals surface area contributed by atoms with Gasteiger partial charge in [0.1, 0.15) is 0 Å². The van der Waals surface area contributed by atoms with E-state index in [4.69, 9.17) is 11.5 Å². The summed E-state index contributed by atoms with van der Waals surface area (Å²) in [6.45, 7) is 0. The van der Waals surface area contributed by atoms with Crippen molar-refractivity contribution in [1.29, 1.82) is 0 Å². The Morgan fingerprint density at radius 2 is 1.15 bits per heavy atom. The Labute approximate surface area is 146 Å². The zero-order valence-electron chi connectivity index (χ0n) is 13.2. The zero-order chi connectivity index (χ0) is 19.4. The lowest BCUT2D eigenvalue weighted by molar-refractivity contribution is -0.386. The number of hydrogen-bond acceptors (Lipinski definition) is 8. The number of para-hydroxylation sites is 2. The Bertz CT molecular complexity index is 874. The zero-order valence-corrected chi connectivity index (χ0v) is 13.2. The molecule has 0 radical (unpaired) electrons. The number of hydrogen-bond donors (Lipinski definition) is 4. The molecule has 6 N–H and O–H groups in total. The molecule has 0 amide bonds. The highest BCUT2D eigenvalue weighted by Crippen LogP contribution is 2.32. The van der Waals surface area contributed by atoms with Gasteiger partial charge in [0.15, 0.2) is 0 Å². The minimum atomic E-state index is -0.747. The first-order valence-electron chi connectivity index (χ1n) is 7.09. The van der Waals surface area contributed by atoms with E-state index in [0.29, 0.717) is 0 Å². The summed E-state index contributed by atoms with van der Waals surface area (Å²) >= 11 is 0. The summed E-state index contributed by atoms with van der Waals surface area (Å²) in [5.41, 5.74) is 10.6. The number of nitrogens with two attached hydrogens (primary N) is 2. The lowest BCUT2D eigenvalue weighted by atomic mass is 10.1. The normalized spacial score (nSPS) is 12.0. The molecule has 0 aromatic heterocycles. The monoisotopic (exact) mass is 358 g/mol. The third-order valence-corrected chi connectivity index (χ3v) is 3.44. The molecule has 0 saturated carbocycles. The minimum Gasteiger partial charge on any atom is -0.502 e. The van der Waals surface area contributed by atoms with Crippen molar-refractivity contribution in [3.05, 3.63) is 79.1 Å². The fraction of sp³-hybridized carbons (Fsp3) is 0. The highest BCUT2D eigenvalue weighted by molar-refractivity contribution is 5.72. The maximum absolute atomic E-state index is 10.8. The van der Waals surface area contributed by atoms with Gasteiger partial charge in [-0.1, -0.05) is 24.3 Å². The molecule has 0 unspecified atom stereocenters. The molecule has 0 spiro atoms. The van der Waals surface area contributed by atoms with Crippen LogP contribution >= 0.6 is 0 Å². The van der Waals surface area contributed by atoms with Gasteiger partial charge in [-0.15, -0.1) is 0 Å². The molecule has 2 aromatic rings. The molecule has 0 aliphatic rings. The summed E-state index contributed by atoms with van der Waals surface area (Å²) in [5, 5.41) is 41.5. The van der Waals surface area contributed by atoms with Gasteiger partial charge in [0, 0.05) is 23.3 Å². The Hall–Kier alpha value is -4.08.